The van der Waals surface area contributed by atoms with Gasteiger partial charge in [-0.2, -0.15) is 0 Å². The smallest absolute Gasteiger partial charge is 0.0693 e. The Bertz CT molecular complexity index is 231. The van der Waals surface area contributed by atoms with Crippen molar-refractivity contribution in [3.63, 3.8) is 0 Å². The zero-order chi connectivity index (χ0) is 11.7. The van der Waals surface area contributed by atoms with E-state index in [9.17, 15) is 0 Å². The zero-order valence-corrected chi connectivity index (χ0v) is 11.2. The van der Waals surface area contributed by atoms with Gasteiger partial charge in [0, 0.05) is 19.2 Å². The largest absolute Gasteiger partial charge is 0.380 e. The first-order chi connectivity index (χ1) is 7.61. The van der Waals surface area contributed by atoms with E-state index in [1.54, 1.807) is 7.11 Å². The lowest BCUT2D eigenvalue weighted by Gasteiger charge is -2.32. The highest BCUT2D eigenvalue weighted by atomic mass is 16.5. The second-order valence-corrected chi connectivity index (χ2v) is 6.02. The third kappa shape index (κ3) is 2.43. The van der Waals surface area contributed by atoms with Gasteiger partial charge in [-0.3, -0.25) is 0 Å². The number of nitrogens with one attached hydrogen (secondary N) is 1. The van der Waals surface area contributed by atoms with Crippen molar-refractivity contribution in [2.45, 2.75) is 64.6 Å². The van der Waals surface area contributed by atoms with E-state index in [1.165, 1.54) is 25.7 Å². The van der Waals surface area contributed by atoms with Crippen molar-refractivity contribution in [1.29, 1.82) is 0 Å². The molecule has 0 heterocycles. The molecule has 94 valence electrons. The lowest BCUT2D eigenvalue weighted by molar-refractivity contribution is 0.0790. The lowest BCUT2D eigenvalue weighted by Crippen LogP contribution is -2.46. The molecule has 2 aliphatic carbocycles. The molecular formula is C14H27NO. The quantitative estimate of drug-likeness (QED) is 0.777. The average molecular weight is 225 g/mol. The summed E-state index contributed by atoms with van der Waals surface area (Å²) in [5.41, 5.74) is 0. The SMILES string of the molecule is COC(C)C(C)NC(C)C1CC2CCC1C2. The normalized spacial score (nSPS) is 38.6. The van der Waals surface area contributed by atoms with Crippen molar-refractivity contribution in [3.8, 4) is 0 Å². The highest BCUT2D eigenvalue weighted by molar-refractivity contribution is 4.94. The van der Waals surface area contributed by atoms with Gasteiger partial charge in [-0.25, -0.2) is 0 Å². The number of hydrogen-bond donors (Lipinski definition) is 1. The molecule has 2 heteroatoms. The van der Waals surface area contributed by atoms with Crippen LogP contribution < -0.4 is 5.32 Å². The molecule has 0 aromatic heterocycles. The molecule has 2 nitrogen and oxygen atoms in total. The fourth-order valence-corrected chi connectivity index (χ4v) is 3.78. The van der Waals surface area contributed by atoms with Crippen LogP contribution in [0.15, 0.2) is 0 Å². The van der Waals surface area contributed by atoms with Crippen LogP contribution in [0.4, 0.5) is 0 Å². The molecule has 6 atom stereocenters. The van der Waals surface area contributed by atoms with Gasteiger partial charge in [0.1, 0.15) is 0 Å². The van der Waals surface area contributed by atoms with Crippen molar-refractivity contribution >= 4 is 0 Å². The van der Waals surface area contributed by atoms with Crippen molar-refractivity contribution in [1.82, 2.24) is 5.32 Å². The van der Waals surface area contributed by atoms with Crippen LogP contribution in [0.1, 0.15) is 46.5 Å². The van der Waals surface area contributed by atoms with Crippen LogP contribution in [0.3, 0.4) is 0 Å². The summed E-state index contributed by atoms with van der Waals surface area (Å²) in [5.74, 6) is 2.98. The van der Waals surface area contributed by atoms with Crippen LogP contribution >= 0.6 is 0 Å². The Balaban J connectivity index is 1.82. The Morgan fingerprint density at radius 3 is 2.38 bits per heavy atom. The highest BCUT2D eigenvalue weighted by Gasteiger charge is 2.41. The van der Waals surface area contributed by atoms with Gasteiger partial charge in [-0.05, 0) is 57.8 Å². The highest BCUT2D eigenvalue weighted by Crippen LogP contribution is 2.49. The Kier molecular flexibility index (Phi) is 3.91. The summed E-state index contributed by atoms with van der Waals surface area (Å²) >= 11 is 0. The minimum atomic E-state index is 0.307. The van der Waals surface area contributed by atoms with Crippen LogP contribution in [0.5, 0.6) is 0 Å². The second kappa shape index (κ2) is 5.05. The van der Waals surface area contributed by atoms with Gasteiger partial charge in [0.15, 0.2) is 0 Å². The molecule has 0 aromatic rings. The third-order valence-electron chi connectivity index (χ3n) is 5.04. The standard InChI is InChI=1S/C14H27NO/c1-9(11(3)16-4)15-10(2)14-8-12-5-6-13(14)7-12/h9-15H,5-8H2,1-4H3. The molecule has 0 radical (unpaired) electrons. The molecule has 6 unspecified atom stereocenters. The number of fused-ring (bicyclic) bond motifs is 2. The minimum Gasteiger partial charge on any atom is -0.380 e. The van der Waals surface area contributed by atoms with Crippen molar-refractivity contribution < 1.29 is 4.74 Å². The van der Waals surface area contributed by atoms with Crippen LogP contribution in [-0.2, 0) is 4.74 Å². The van der Waals surface area contributed by atoms with Crippen molar-refractivity contribution in [2.75, 3.05) is 7.11 Å². The summed E-state index contributed by atoms with van der Waals surface area (Å²) in [4.78, 5) is 0. The van der Waals surface area contributed by atoms with Gasteiger partial charge in [0.05, 0.1) is 6.10 Å². The second-order valence-electron chi connectivity index (χ2n) is 6.02. The fraction of sp³-hybridized carbons (Fsp3) is 1.00. The number of hydrogen-bond acceptors (Lipinski definition) is 2. The minimum absolute atomic E-state index is 0.307. The molecule has 0 spiro atoms. The molecule has 0 aromatic carbocycles. The first kappa shape index (κ1) is 12.4. The topological polar surface area (TPSA) is 21.3 Å². The van der Waals surface area contributed by atoms with Gasteiger partial charge in [0.2, 0.25) is 0 Å². The van der Waals surface area contributed by atoms with Gasteiger partial charge >= 0.3 is 0 Å². The number of rotatable bonds is 5. The van der Waals surface area contributed by atoms with E-state index >= 15 is 0 Å². The molecule has 2 bridgehead atoms. The molecule has 2 fully saturated rings. The maximum Gasteiger partial charge on any atom is 0.0693 e. The van der Waals surface area contributed by atoms with Crippen molar-refractivity contribution in [3.05, 3.63) is 0 Å². The van der Waals surface area contributed by atoms with Crippen LogP contribution in [0.2, 0.25) is 0 Å². The maximum absolute atomic E-state index is 5.37. The molecule has 1 N–H and O–H groups in total. The molecule has 0 aliphatic heterocycles. The van der Waals surface area contributed by atoms with E-state index in [1.807, 2.05) is 0 Å². The summed E-state index contributed by atoms with van der Waals surface area (Å²) < 4.78 is 5.37. The molecule has 0 saturated heterocycles. The number of ether oxygens (including phenoxy) is 1. The maximum atomic E-state index is 5.37. The monoisotopic (exact) mass is 225 g/mol. The first-order valence-electron chi connectivity index (χ1n) is 6.90. The van der Waals surface area contributed by atoms with E-state index in [0.717, 1.165) is 17.8 Å². The van der Waals surface area contributed by atoms with Gasteiger partial charge < -0.3 is 10.1 Å². The Hall–Kier alpha value is -0.0800. The summed E-state index contributed by atoms with van der Waals surface area (Å²) in [7, 11) is 1.80. The van der Waals surface area contributed by atoms with Crippen LogP contribution in [-0.4, -0.2) is 25.3 Å². The molecule has 0 amide bonds. The van der Waals surface area contributed by atoms with Gasteiger partial charge in [0.25, 0.3) is 0 Å². The summed E-state index contributed by atoms with van der Waals surface area (Å²) in [6.07, 6.45) is 6.26. The van der Waals surface area contributed by atoms with E-state index < -0.39 is 0 Å². The summed E-state index contributed by atoms with van der Waals surface area (Å²) in [6.45, 7) is 6.74. The third-order valence-corrected chi connectivity index (χ3v) is 5.04. The number of methoxy groups -OCH3 is 1. The summed E-state index contributed by atoms with van der Waals surface area (Å²) in [5, 5.41) is 3.73. The molecular weight excluding hydrogens is 198 g/mol. The Labute approximate surface area is 100 Å². The van der Waals surface area contributed by atoms with Gasteiger partial charge in [-0.15, -0.1) is 0 Å². The first-order valence-corrected chi connectivity index (χ1v) is 6.90. The zero-order valence-electron chi connectivity index (χ0n) is 11.2. The average Bonchev–Trinajstić information content (AvgIpc) is 2.89. The predicted molar refractivity (Wildman–Crippen MR) is 67.5 cm³/mol. The molecule has 2 aliphatic rings. The molecule has 2 saturated carbocycles. The Morgan fingerprint density at radius 1 is 1.12 bits per heavy atom. The predicted octanol–water partition coefficient (Wildman–Crippen LogP) is 2.82. The summed E-state index contributed by atoms with van der Waals surface area (Å²) in [6, 6.07) is 1.11. The van der Waals surface area contributed by atoms with E-state index in [-0.39, 0.29) is 0 Å². The van der Waals surface area contributed by atoms with Crippen LogP contribution in [0.25, 0.3) is 0 Å². The molecule has 2 rings (SSSR count). The lowest BCUT2D eigenvalue weighted by atomic mass is 9.83. The Morgan fingerprint density at radius 2 is 1.88 bits per heavy atom. The van der Waals surface area contributed by atoms with E-state index in [0.29, 0.717) is 18.2 Å². The van der Waals surface area contributed by atoms with Crippen LogP contribution in [0, 0.1) is 17.8 Å². The van der Waals surface area contributed by atoms with E-state index in [4.69, 9.17) is 4.74 Å². The molecule has 16 heavy (non-hydrogen) atoms. The van der Waals surface area contributed by atoms with Gasteiger partial charge in [-0.1, -0.05) is 6.42 Å². The van der Waals surface area contributed by atoms with Crippen molar-refractivity contribution in [2.24, 2.45) is 17.8 Å². The van der Waals surface area contributed by atoms with E-state index in [2.05, 4.69) is 26.1 Å². The fourth-order valence-electron chi connectivity index (χ4n) is 3.78.